The topological polar surface area (TPSA) is 110 Å². The zero-order valence-electron chi connectivity index (χ0n) is 23.3. The highest BCUT2D eigenvalue weighted by Crippen LogP contribution is 2.25. The summed E-state index contributed by atoms with van der Waals surface area (Å²) in [6.45, 7) is 6.56. The number of carbonyl (C=O) groups is 2. The number of fused-ring (bicyclic) bond motifs is 1. The number of ether oxygens (including phenoxy) is 2. The number of aromatic carboxylic acids is 1. The smallest absolute Gasteiger partial charge is 0.335 e. The highest BCUT2D eigenvalue weighted by molar-refractivity contribution is 5.94. The molecule has 2 fully saturated rings. The van der Waals surface area contributed by atoms with Gasteiger partial charge in [0, 0.05) is 50.0 Å². The number of carbonyl (C=O) groups excluding carboxylic acids is 1. The molecule has 0 amide bonds. The van der Waals surface area contributed by atoms with E-state index in [2.05, 4.69) is 19.4 Å². The Bertz CT molecular complexity index is 1630. The van der Waals surface area contributed by atoms with Crippen LogP contribution in [0.3, 0.4) is 0 Å². The molecule has 0 aliphatic carbocycles. The van der Waals surface area contributed by atoms with Crippen LogP contribution in [0.25, 0.3) is 11.0 Å². The lowest BCUT2D eigenvalue weighted by Gasteiger charge is -2.35. The zero-order chi connectivity index (χ0) is 29.2. The average Bonchev–Trinajstić information content (AvgIpc) is 3.30. The van der Waals surface area contributed by atoms with Gasteiger partial charge in [-0.05, 0) is 43.7 Å². The number of Topliss-reactive ketones (excluding diaryl/α,β-unsaturated/α-hetero) is 1. The third-order valence-corrected chi connectivity index (χ3v) is 7.86. The zero-order valence-corrected chi connectivity index (χ0v) is 23.3. The van der Waals surface area contributed by atoms with Crippen molar-refractivity contribution in [2.45, 2.75) is 39.1 Å². The number of halogens is 1. The maximum atomic E-state index is 14.4. The first-order valence-corrected chi connectivity index (χ1v) is 14.0. The van der Waals surface area contributed by atoms with Crippen LogP contribution in [0.2, 0.25) is 0 Å². The third-order valence-electron chi connectivity index (χ3n) is 7.86. The number of aromatic nitrogens is 3. The van der Waals surface area contributed by atoms with E-state index in [9.17, 15) is 19.1 Å². The Hall–Kier alpha value is -4.35. The van der Waals surface area contributed by atoms with Gasteiger partial charge in [0.1, 0.15) is 24.1 Å². The van der Waals surface area contributed by atoms with Crippen molar-refractivity contribution in [1.82, 2.24) is 19.4 Å². The molecule has 2 aromatic carbocycles. The summed E-state index contributed by atoms with van der Waals surface area (Å²) >= 11 is 0. The van der Waals surface area contributed by atoms with Gasteiger partial charge in [-0.1, -0.05) is 18.2 Å². The molecule has 2 saturated heterocycles. The van der Waals surface area contributed by atoms with Crippen molar-refractivity contribution in [3.8, 4) is 5.88 Å². The summed E-state index contributed by atoms with van der Waals surface area (Å²) in [7, 11) is 0. The maximum Gasteiger partial charge on any atom is 0.335 e. The number of carboxylic acid groups (broad SMARTS) is 1. The summed E-state index contributed by atoms with van der Waals surface area (Å²) in [5.41, 5.74) is 2.52. The normalized spacial score (nSPS) is 17.3. The predicted octanol–water partition coefficient (Wildman–Crippen LogP) is 4.16. The number of hydrogen-bond donors (Lipinski definition) is 1. The minimum Gasteiger partial charge on any atom is -0.478 e. The lowest BCUT2D eigenvalue weighted by Crippen LogP contribution is -2.46. The number of nitrogens with zero attached hydrogens (tertiary/aromatic N) is 5. The Morgan fingerprint density at radius 2 is 1.83 bits per heavy atom. The van der Waals surface area contributed by atoms with Gasteiger partial charge in [0.25, 0.3) is 0 Å². The van der Waals surface area contributed by atoms with Crippen LogP contribution in [0.15, 0.2) is 54.6 Å². The lowest BCUT2D eigenvalue weighted by molar-refractivity contribution is -0.0592. The second kappa shape index (κ2) is 11.9. The van der Waals surface area contributed by atoms with Gasteiger partial charge in [-0.25, -0.2) is 14.2 Å². The van der Waals surface area contributed by atoms with Crippen LogP contribution in [-0.4, -0.2) is 75.2 Å². The van der Waals surface area contributed by atoms with Gasteiger partial charge in [-0.2, -0.15) is 4.98 Å². The standard InChI is InChI=1S/C31H32FN5O5/c1-20(38)21-5-6-23(25(32)15-21)19-42-30-4-2-3-28(34-30)36-12-10-35(11-13-36)18-29-33-26-8-7-22(31(39)40)16-27(26)37(29)17-24-9-14-41-24/h2-8,15-16,24H,9-14,17-19H2,1H3,(H,39,40). The van der Waals surface area contributed by atoms with Crippen LogP contribution in [0.5, 0.6) is 5.88 Å². The van der Waals surface area contributed by atoms with Gasteiger partial charge in [-0.15, -0.1) is 0 Å². The Morgan fingerprint density at radius 1 is 1.05 bits per heavy atom. The summed E-state index contributed by atoms with van der Waals surface area (Å²) in [5.74, 6) is 0.459. The molecule has 2 aliphatic heterocycles. The molecule has 2 aromatic heterocycles. The first-order chi connectivity index (χ1) is 20.3. The van der Waals surface area contributed by atoms with Crippen molar-refractivity contribution < 1.29 is 28.6 Å². The van der Waals surface area contributed by atoms with E-state index in [1.165, 1.54) is 13.0 Å². The van der Waals surface area contributed by atoms with E-state index in [0.29, 0.717) is 30.1 Å². The quantitative estimate of drug-likeness (QED) is 0.280. The Balaban J connectivity index is 1.09. The molecular weight excluding hydrogens is 541 g/mol. The highest BCUT2D eigenvalue weighted by atomic mass is 19.1. The molecule has 0 radical (unpaired) electrons. The van der Waals surface area contributed by atoms with Crippen LogP contribution in [0.1, 0.15) is 45.4 Å². The minimum absolute atomic E-state index is 0.00903. The number of pyridine rings is 1. The average molecular weight is 574 g/mol. The molecular formula is C31H32FN5O5. The van der Waals surface area contributed by atoms with E-state index in [-0.39, 0.29) is 24.1 Å². The summed E-state index contributed by atoms with van der Waals surface area (Å²) < 4.78 is 28.0. The highest BCUT2D eigenvalue weighted by Gasteiger charge is 2.25. The number of benzene rings is 2. The lowest BCUT2D eigenvalue weighted by atomic mass is 10.1. The van der Waals surface area contributed by atoms with Crippen molar-refractivity contribution in [2.24, 2.45) is 0 Å². The van der Waals surface area contributed by atoms with Crippen molar-refractivity contribution in [1.29, 1.82) is 0 Å². The van der Waals surface area contributed by atoms with Crippen LogP contribution < -0.4 is 9.64 Å². The van der Waals surface area contributed by atoms with Gasteiger partial charge < -0.3 is 24.0 Å². The van der Waals surface area contributed by atoms with Crippen LogP contribution >= 0.6 is 0 Å². The van der Waals surface area contributed by atoms with Crippen molar-refractivity contribution in [3.05, 3.63) is 82.9 Å². The van der Waals surface area contributed by atoms with E-state index < -0.39 is 11.8 Å². The third kappa shape index (κ3) is 5.97. The molecule has 0 saturated carbocycles. The Morgan fingerprint density at radius 3 is 2.52 bits per heavy atom. The van der Waals surface area contributed by atoms with Crippen molar-refractivity contribution in [2.75, 3.05) is 37.7 Å². The van der Waals surface area contributed by atoms with E-state index in [0.717, 1.165) is 61.9 Å². The molecule has 1 atom stereocenters. The number of rotatable bonds is 10. The first-order valence-electron chi connectivity index (χ1n) is 14.0. The van der Waals surface area contributed by atoms with Crippen LogP contribution in [0.4, 0.5) is 10.2 Å². The molecule has 2 aliphatic rings. The molecule has 4 aromatic rings. The molecule has 0 spiro atoms. The molecule has 0 bridgehead atoms. The Kier molecular flexibility index (Phi) is 7.86. The molecule has 10 nitrogen and oxygen atoms in total. The molecule has 218 valence electrons. The van der Waals surface area contributed by atoms with Gasteiger partial charge in [0.05, 0.1) is 35.8 Å². The fraction of sp³-hybridized carbons (Fsp3) is 0.355. The first kappa shape index (κ1) is 27.8. The van der Waals surface area contributed by atoms with Gasteiger partial charge in [0.15, 0.2) is 5.78 Å². The molecule has 1 unspecified atom stereocenters. The number of anilines is 1. The summed E-state index contributed by atoms with van der Waals surface area (Å²) in [6, 6.07) is 15.0. The monoisotopic (exact) mass is 573 g/mol. The van der Waals surface area contributed by atoms with Crippen LogP contribution in [-0.2, 0) is 24.4 Å². The summed E-state index contributed by atoms with van der Waals surface area (Å²) in [6.07, 6.45) is 1.09. The summed E-state index contributed by atoms with van der Waals surface area (Å²) in [4.78, 5) is 37.1. The number of piperazine rings is 1. The largest absolute Gasteiger partial charge is 0.478 e. The molecule has 11 heteroatoms. The second-order valence-corrected chi connectivity index (χ2v) is 10.7. The number of hydrogen-bond acceptors (Lipinski definition) is 8. The Labute approximate surface area is 242 Å². The predicted molar refractivity (Wildman–Crippen MR) is 154 cm³/mol. The minimum atomic E-state index is -0.958. The molecule has 1 N–H and O–H groups in total. The number of imidazole rings is 1. The SMILES string of the molecule is CC(=O)c1ccc(COc2cccc(N3CCN(Cc4nc5ccc(C(=O)O)cc5n4CC4CCO4)CC3)n2)c(F)c1. The summed E-state index contributed by atoms with van der Waals surface area (Å²) in [5, 5.41) is 9.49. The number of ketones is 1. The van der Waals surface area contributed by atoms with E-state index in [1.54, 1.807) is 36.4 Å². The fourth-order valence-electron chi connectivity index (χ4n) is 5.29. The van der Waals surface area contributed by atoms with Gasteiger partial charge in [-0.3, -0.25) is 9.69 Å². The van der Waals surface area contributed by atoms with Crippen molar-refractivity contribution in [3.63, 3.8) is 0 Å². The van der Waals surface area contributed by atoms with E-state index in [4.69, 9.17) is 14.5 Å². The second-order valence-electron chi connectivity index (χ2n) is 10.7. The van der Waals surface area contributed by atoms with E-state index >= 15 is 0 Å². The van der Waals surface area contributed by atoms with E-state index in [1.807, 2.05) is 12.1 Å². The van der Waals surface area contributed by atoms with Gasteiger partial charge in [0.2, 0.25) is 5.88 Å². The van der Waals surface area contributed by atoms with Gasteiger partial charge >= 0.3 is 5.97 Å². The molecule has 42 heavy (non-hydrogen) atoms. The van der Waals surface area contributed by atoms with Crippen molar-refractivity contribution >= 4 is 28.6 Å². The maximum absolute atomic E-state index is 14.4. The molecule has 4 heterocycles. The molecule has 6 rings (SSSR count). The number of carboxylic acids is 1. The fourth-order valence-corrected chi connectivity index (χ4v) is 5.29. The van der Waals surface area contributed by atoms with Crippen LogP contribution in [0, 0.1) is 5.82 Å².